The summed E-state index contributed by atoms with van der Waals surface area (Å²) in [5.74, 6) is 1.65. The van der Waals surface area contributed by atoms with Gasteiger partial charge in [0, 0.05) is 37.6 Å². The van der Waals surface area contributed by atoms with Crippen LogP contribution < -0.4 is 10.6 Å². The highest BCUT2D eigenvalue weighted by Gasteiger charge is 2.01. The molecule has 1 heterocycles. The molecule has 1 rings (SSSR count). The summed E-state index contributed by atoms with van der Waals surface area (Å²) >= 11 is 1.76. The van der Waals surface area contributed by atoms with E-state index in [1.54, 1.807) is 11.3 Å². The Hall–Kier alpha value is -0.370. The van der Waals surface area contributed by atoms with Crippen LogP contribution in [0.4, 0.5) is 0 Å². The van der Waals surface area contributed by atoms with E-state index in [1.165, 1.54) is 22.7 Å². The lowest BCUT2D eigenvalue weighted by atomic mass is 10.1. The van der Waals surface area contributed by atoms with Gasteiger partial charge < -0.3 is 10.6 Å². The van der Waals surface area contributed by atoms with Gasteiger partial charge in [-0.25, -0.2) is 4.98 Å². The molecular formula is C14H27IN4S. The molecule has 0 radical (unpaired) electrons. The molecule has 0 bridgehead atoms. The molecule has 0 spiro atoms. The van der Waals surface area contributed by atoms with Crippen molar-refractivity contribution in [2.75, 3.05) is 20.1 Å². The Labute approximate surface area is 143 Å². The van der Waals surface area contributed by atoms with Gasteiger partial charge in [0.05, 0.1) is 5.01 Å². The largest absolute Gasteiger partial charge is 0.356 e. The normalized spacial score (nSPS) is 11.3. The van der Waals surface area contributed by atoms with E-state index in [4.69, 9.17) is 0 Å². The van der Waals surface area contributed by atoms with Crippen molar-refractivity contribution in [1.82, 2.24) is 15.6 Å². The van der Waals surface area contributed by atoms with Gasteiger partial charge in [-0.1, -0.05) is 13.8 Å². The van der Waals surface area contributed by atoms with Crippen LogP contribution in [0.25, 0.3) is 0 Å². The van der Waals surface area contributed by atoms with Crippen LogP contribution in [0.2, 0.25) is 0 Å². The number of nitrogens with zero attached hydrogens (tertiary/aromatic N) is 2. The second-order valence-electron chi connectivity index (χ2n) is 5.08. The van der Waals surface area contributed by atoms with Crippen molar-refractivity contribution in [1.29, 1.82) is 0 Å². The number of nitrogens with one attached hydrogen (secondary N) is 2. The molecular weight excluding hydrogens is 383 g/mol. The highest BCUT2D eigenvalue weighted by Crippen LogP contribution is 2.10. The number of thiazole rings is 1. The quantitative estimate of drug-likeness (QED) is 0.314. The number of halogens is 1. The van der Waals surface area contributed by atoms with Crippen LogP contribution in [0.3, 0.4) is 0 Å². The molecule has 1 aromatic heterocycles. The predicted molar refractivity (Wildman–Crippen MR) is 99.4 cm³/mol. The van der Waals surface area contributed by atoms with E-state index in [0.29, 0.717) is 0 Å². The monoisotopic (exact) mass is 410 g/mol. The average Bonchev–Trinajstić information content (AvgIpc) is 2.78. The van der Waals surface area contributed by atoms with Gasteiger partial charge in [-0.2, -0.15) is 0 Å². The lowest BCUT2D eigenvalue weighted by Gasteiger charge is -2.11. The van der Waals surface area contributed by atoms with E-state index in [0.717, 1.165) is 31.4 Å². The molecule has 6 heteroatoms. The average molecular weight is 410 g/mol. The van der Waals surface area contributed by atoms with Crippen molar-refractivity contribution in [2.24, 2.45) is 10.9 Å². The zero-order valence-corrected chi connectivity index (χ0v) is 16.0. The van der Waals surface area contributed by atoms with Crippen LogP contribution in [0, 0.1) is 12.8 Å². The molecule has 0 aliphatic carbocycles. The molecule has 0 saturated carbocycles. The second kappa shape index (κ2) is 11.3. The Bertz CT molecular complexity index is 390. The molecule has 20 heavy (non-hydrogen) atoms. The third kappa shape index (κ3) is 8.73. The van der Waals surface area contributed by atoms with Crippen LogP contribution in [-0.2, 0) is 6.42 Å². The SMILES string of the molecule is CN=C(NCCCC(C)C)NCCc1ncc(C)s1.I. The van der Waals surface area contributed by atoms with Gasteiger partial charge in [0.2, 0.25) is 0 Å². The molecule has 1 aromatic rings. The third-order valence-corrected chi connectivity index (χ3v) is 3.75. The lowest BCUT2D eigenvalue weighted by molar-refractivity contribution is 0.549. The van der Waals surface area contributed by atoms with E-state index >= 15 is 0 Å². The first-order chi connectivity index (χ1) is 9.11. The first-order valence-corrected chi connectivity index (χ1v) is 7.79. The first kappa shape index (κ1) is 19.6. The van der Waals surface area contributed by atoms with E-state index in [2.05, 4.69) is 41.4 Å². The fourth-order valence-corrected chi connectivity index (χ4v) is 2.53. The second-order valence-corrected chi connectivity index (χ2v) is 6.40. The van der Waals surface area contributed by atoms with Gasteiger partial charge in [0.25, 0.3) is 0 Å². The molecule has 0 fully saturated rings. The van der Waals surface area contributed by atoms with Gasteiger partial charge >= 0.3 is 0 Å². The van der Waals surface area contributed by atoms with Crippen molar-refractivity contribution in [3.05, 3.63) is 16.1 Å². The minimum absolute atomic E-state index is 0. The summed E-state index contributed by atoms with van der Waals surface area (Å²) in [6, 6.07) is 0. The van der Waals surface area contributed by atoms with E-state index in [-0.39, 0.29) is 24.0 Å². The Morgan fingerprint density at radius 1 is 1.35 bits per heavy atom. The van der Waals surface area contributed by atoms with Crippen LogP contribution in [0.1, 0.15) is 36.6 Å². The van der Waals surface area contributed by atoms with Gasteiger partial charge in [0.15, 0.2) is 5.96 Å². The van der Waals surface area contributed by atoms with Gasteiger partial charge in [-0.3, -0.25) is 4.99 Å². The van der Waals surface area contributed by atoms with Crippen LogP contribution in [-0.4, -0.2) is 31.1 Å². The Kier molecular flexibility index (Phi) is 11.1. The maximum Gasteiger partial charge on any atom is 0.190 e. The van der Waals surface area contributed by atoms with Crippen molar-refractivity contribution in [3.63, 3.8) is 0 Å². The van der Waals surface area contributed by atoms with Crippen molar-refractivity contribution < 1.29 is 0 Å². The van der Waals surface area contributed by atoms with Crippen molar-refractivity contribution in [3.8, 4) is 0 Å². The van der Waals surface area contributed by atoms with Crippen LogP contribution in [0.15, 0.2) is 11.2 Å². The summed E-state index contributed by atoms with van der Waals surface area (Å²) in [7, 11) is 1.81. The van der Waals surface area contributed by atoms with Crippen LogP contribution >= 0.6 is 35.3 Å². The summed E-state index contributed by atoms with van der Waals surface area (Å²) in [4.78, 5) is 9.84. The Morgan fingerprint density at radius 3 is 2.60 bits per heavy atom. The Balaban J connectivity index is 0.00000361. The standard InChI is InChI=1S/C14H26N4S.HI/c1-11(2)6-5-8-16-14(15-4)17-9-7-13-18-10-12(3)19-13;/h10-11H,5-9H2,1-4H3,(H2,15,16,17);1H. The number of hydrogen-bond acceptors (Lipinski definition) is 3. The van der Waals surface area contributed by atoms with Gasteiger partial charge in [0.1, 0.15) is 0 Å². The molecule has 0 unspecified atom stereocenters. The predicted octanol–water partition coefficient (Wildman–Crippen LogP) is 3.21. The Morgan fingerprint density at radius 2 is 2.05 bits per heavy atom. The molecule has 2 N–H and O–H groups in total. The third-order valence-electron chi connectivity index (χ3n) is 2.77. The topological polar surface area (TPSA) is 49.3 Å². The number of rotatable bonds is 7. The van der Waals surface area contributed by atoms with Crippen molar-refractivity contribution >= 4 is 41.3 Å². The summed E-state index contributed by atoms with van der Waals surface area (Å²) in [5, 5.41) is 7.84. The van der Waals surface area contributed by atoms with Gasteiger partial charge in [-0.05, 0) is 25.7 Å². The number of guanidine groups is 1. The first-order valence-electron chi connectivity index (χ1n) is 6.97. The van der Waals surface area contributed by atoms with E-state index in [9.17, 15) is 0 Å². The fraction of sp³-hybridized carbons (Fsp3) is 0.714. The fourth-order valence-electron chi connectivity index (χ4n) is 1.74. The maximum atomic E-state index is 4.35. The smallest absolute Gasteiger partial charge is 0.190 e. The molecule has 4 nitrogen and oxygen atoms in total. The summed E-state index contributed by atoms with van der Waals surface area (Å²) in [6.45, 7) is 8.45. The molecule has 0 saturated heterocycles. The molecule has 0 aromatic carbocycles. The zero-order chi connectivity index (χ0) is 14.1. The molecule has 0 atom stereocenters. The highest BCUT2D eigenvalue weighted by molar-refractivity contribution is 14.0. The number of hydrogen-bond donors (Lipinski definition) is 2. The van der Waals surface area contributed by atoms with Crippen molar-refractivity contribution in [2.45, 2.75) is 40.0 Å². The molecule has 0 aliphatic heterocycles. The lowest BCUT2D eigenvalue weighted by Crippen LogP contribution is -2.38. The molecule has 0 aliphatic rings. The maximum absolute atomic E-state index is 4.35. The summed E-state index contributed by atoms with van der Waals surface area (Å²) in [5.41, 5.74) is 0. The summed E-state index contributed by atoms with van der Waals surface area (Å²) in [6.07, 6.45) is 5.32. The zero-order valence-electron chi connectivity index (χ0n) is 12.9. The minimum atomic E-state index is 0. The van der Waals surface area contributed by atoms with Gasteiger partial charge in [-0.15, -0.1) is 35.3 Å². The van der Waals surface area contributed by atoms with Crippen LogP contribution in [0.5, 0.6) is 0 Å². The number of aryl methyl sites for hydroxylation is 1. The highest BCUT2D eigenvalue weighted by atomic mass is 127. The summed E-state index contributed by atoms with van der Waals surface area (Å²) < 4.78 is 0. The molecule has 116 valence electrons. The number of aliphatic imine (C=N–C) groups is 1. The van der Waals surface area contributed by atoms with E-state index < -0.39 is 0 Å². The van der Waals surface area contributed by atoms with E-state index in [1.807, 2.05) is 13.2 Å². The molecule has 0 amide bonds. The number of aromatic nitrogens is 1. The minimum Gasteiger partial charge on any atom is -0.356 e.